The molecule has 0 aliphatic rings. The summed E-state index contributed by atoms with van der Waals surface area (Å²) in [6.07, 6.45) is 12.2. The van der Waals surface area contributed by atoms with Crippen molar-refractivity contribution < 1.29 is 0 Å². The normalized spacial score (nSPS) is 12.9. The molecule has 0 unspecified atom stereocenters. The fraction of sp³-hybridized carbons (Fsp3) is 1.00. The number of rotatable bonds is 13. The number of hydrogen-bond acceptors (Lipinski definition) is 0. The van der Waals surface area contributed by atoms with E-state index in [0.29, 0.717) is 0 Å². The van der Waals surface area contributed by atoms with Crippen LogP contribution in [0.3, 0.4) is 0 Å². The van der Waals surface area contributed by atoms with Gasteiger partial charge in [-0.25, -0.2) is 0 Å². The highest BCUT2D eigenvalue weighted by atomic mass is 35.8. The highest BCUT2D eigenvalue weighted by Crippen LogP contribution is 2.28. The predicted octanol–water partition coefficient (Wildman–Crippen LogP) is 8.20. The number of hydrogen-bond donors (Lipinski definition) is 0. The Morgan fingerprint density at radius 1 is 0.350 bits per heavy atom. The summed E-state index contributed by atoms with van der Waals surface area (Å²) < 4.78 is 0. The first kappa shape index (κ1) is 22.2. The molecule has 0 saturated carbocycles. The maximum atomic E-state index is 5.83. The molecule has 0 aromatic heterocycles. The third-order valence-electron chi connectivity index (χ3n) is 3.17. The van der Waals surface area contributed by atoms with Gasteiger partial charge in [0.05, 0.1) is 0 Å². The Bertz CT molecular complexity index is 203. The molecule has 0 amide bonds. The Balaban J connectivity index is 3.10. The van der Waals surface area contributed by atoms with Gasteiger partial charge in [0.2, 0.25) is 0 Å². The lowest BCUT2D eigenvalue weighted by atomic mass is 10.1. The van der Waals surface area contributed by atoms with Gasteiger partial charge < -0.3 is 0 Å². The van der Waals surface area contributed by atoms with E-state index in [0.717, 1.165) is 24.9 Å². The zero-order valence-electron chi connectivity index (χ0n) is 11.8. The van der Waals surface area contributed by atoms with Crippen LogP contribution in [-0.2, 0) is 0 Å². The fourth-order valence-electron chi connectivity index (χ4n) is 2.07. The second-order valence-electron chi connectivity index (χ2n) is 5.27. The van der Waals surface area contributed by atoms with E-state index in [-0.39, 0.29) is 0 Å². The van der Waals surface area contributed by atoms with Crippen molar-refractivity contribution in [1.29, 1.82) is 0 Å². The van der Waals surface area contributed by atoms with E-state index in [1.54, 1.807) is 0 Å². The van der Waals surface area contributed by atoms with Crippen LogP contribution < -0.4 is 0 Å². The molecule has 0 saturated heterocycles. The van der Waals surface area contributed by atoms with Crippen molar-refractivity contribution in [2.45, 2.75) is 76.3 Å². The molecule has 20 heavy (non-hydrogen) atoms. The maximum Gasteiger partial charge on any atom is 0.341 e. The summed E-state index contributed by atoms with van der Waals surface area (Å²) in [5.41, 5.74) is 0. The lowest BCUT2D eigenvalue weighted by Crippen LogP contribution is -2.07. The van der Waals surface area contributed by atoms with E-state index in [4.69, 9.17) is 66.5 Å². The van der Waals surface area contributed by atoms with Gasteiger partial charge in [0.25, 0.3) is 0 Å². The second kappa shape index (κ2) is 12.6. The highest BCUT2D eigenvalue weighted by molar-refractivity contribution is 7.65. The molecular formula is C12H24Cl6Si2. The van der Waals surface area contributed by atoms with Gasteiger partial charge in [-0.3, -0.25) is 0 Å². The van der Waals surface area contributed by atoms with Crippen molar-refractivity contribution in [2.24, 2.45) is 0 Å². The SMILES string of the molecule is Cl[Si](Cl)(Cl)CCCCCCCCCCCC[Si](Cl)(Cl)Cl. The molecule has 0 radical (unpaired) electrons. The van der Waals surface area contributed by atoms with Gasteiger partial charge in [0.15, 0.2) is 0 Å². The summed E-state index contributed by atoms with van der Waals surface area (Å²) in [7, 11) is 0. The number of halogens is 6. The third kappa shape index (κ3) is 20.2. The Hall–Kier alpha value is 2.17. The van der Waals surface area contributed by atoms with Gasteiger partial charge in [-0.15, -0.1) is 66.5 Å². The van der Waals surface area contributed by atoms with Crippen LogP contribution in [0.2, 0.25) is 12.1 Å². The molecule has 0 aromatic rings. The van der Waals surface area contributed by atoms with Crippen molar-refractivity contribution >= 4 is 78.5 Å². The molecule has 0 aliphatic heterocycles. The number of unbranched alkanes of at least 4 members (excludes halogenated alkanes) is 9. The van der Waals surface area contributed by atoms with Gasteiger partial charge in [-0.05, 0) is 12.1 Å². The monoisotopic (exact) mass is 434 g/mol. The highest BCUT2D eigenvalue weighted by Gasteiger charge is 2.24. The molecule has 0 N–H and O–H groups in total. The van der Waals surface area contributed by atoms with E-state index in [9.17, 15) is 0 Å². The zero-order valence-corrected chi connectivity index (χ0v) is 18.3. The second-order valence-corrected chi connectivity index (χ2v) is 23.8. The summed E-state index contributed by atoms with van der Waals surface area (Å²) >= 11 is 35.0. The smallest absolute Gasteiger partial charge is 0.126 e. The standard InChI is InChI=1S/C12H24Cl6Si2/c13-19(14,15)11-9-7-5-3-1-2-4-6-8-10-12-20(16,17)18/h1-12H2. The van der Waals surface area contributed by atoms with Gasteiger partial charge in [-0.2, -0.15) is 0 Å². The minimum Gasteiger partial charge on any atom is -0.126 e. The molecule has 0 spiro atoms. The Labute approximate surface area is 154 Å². The van der Waals surface area contributed by atoms with E-state index in [1.165, 1.54) is 51.4 Å². The zero-order chi connectivity index (χ0) is 15.5. The average molecular weight is 437 g/mol. The minimum absolute atomic E-state index is 0.796. The molecule has 0 nitrogen and oxygen atoms in total. The van der Waals surface area contributed by atoms with Crippen molar-refractivity contribution in [3.05, 3.63) is 0 Å². The summed E-state index contributed by atoms with van der Waals surface area (Å²) in [6.45, 7) is 0. The fourth-order valence-corrected chi connectivity index (χ4v) is 5.77. The molecule has 0 bridgehead atoms. The van der Waals surface area contributed by atoms with E-state index in [1.807, 2.05) is 0 Å². The Morgan fingerprint density at radius 2 is 0.550 bits per heavy atom. The average Bonchev–Trinajstić information content (AvgIpc) is 2.27. The van der Waals surface area contributed by atoms with Gasteiger partial charge >= 0.3 is 12.0 Å². The van der Waals surface area contributed by atoms with E-state index < -0.39 is 12.0 Å². The Kier molecular flexibility index (Phi) is 13.9. The van der Waals surface area contributed by atoms with Crippen molar-refractivity contribution in [3.8, 4) is 0 Å². The van der Waals surface area contributed by atoms with Crippen molar-refractivity contribution in [2.75, 3.05) is 0 Å². The molecule has 122 valence electrons. The largest absolute Gasteiger partial charge is 0.341 e. The summed E-state index contributed by atoms with van der Waals surface area (Å²) in [4.78, 5) is 0. The van der Waals surface area contributed by atoms with E-state index >= 15 is 0 Å². The molecule has 0 fully saturated rings. The van der Waals surface area contributed by atoms with Crippen LogP contribution >= 0.6 is 66.5 Å². The van der Waals surface area contributed by atoms with Crippen LogP contribution in [0, 0.1) is 0 Å². The molecule has 8 heteroatoms. The first-order valence-corrected chi connectivity index (χ1v) is 17.8. The molecule has 0 aromatic carbocycles. The van der Waals surface area contributed by atoms with Gasteiger partial charge in [-0.1, -0.05) is 64.2 Å². The molecule has 0 rings (SSSR count). The minimum atomic E-state index is -2.37. The summed E-state index contributed by atoms with van der Waals surface area (Å²) in [5.74, 6) is 0. The Morgan fingerprint density at radius 3 is 0.750 bits per heavy atom. The molecule has 0 heterocycles. The van der Waals surface area contributed by atoms with Crippen LogP contribution in [0.1, 0.15) is 64.2 Å². The molecular weight excluding hydrogens is 413 g/mol. The van der Waals surface area contributed by atoms with Crippen LogP contribution in [0.4, 0.5) is 0 Å². The molecule has 0 aliphatic carbocycles. The summed E-state index contributed by atoms with van der Waals surface area (Å²) in [6, 6.07) is -3.16. The quantitative estimate of drug-likeness (QED) is 0.155. The van der Waals surface area contributed by atoms with E-state index in [2.05, 4.69) is 0 Å². The lowest BCUT2D eigenvalue weighted by molar-refractivity contribution is 0.562. The van der Waals surface area contributed by atoms with Crippen molar-refractivity contribution in [1.82, 2.24) is 0 Å². The van der Waals surface area contributed by atoms with Crippen LogP contribution in [-0.4, -0.2) is 12.0 Å². The molecule has 0 atom stereocenters. The first-order chi connectivity index (χ1) is 9.21. The predicted molar refractivity (Wildman–Crippen MR) is 102 cm³/mol. The van der Waals surface area contributed by atoms with Crippen molar-refractivity contribution in [3.63, 3.8) is 0 Å². The first-order valence-electron chi connectivity index (χ1n) is 7.34. The van der Waals surface area contributed by atoms with Gasteiger partial charge in [0, 0.05) is 0 Å². The van der Waals surface area contributed by atoms with Crippen LogP contribution in [0.15, 0.2) is 0 Å². The third-order valence-corrected chi connectivity index (χ3v) is 8.41. The summed E-state index contributed by atoms with van der Waals surface area (Å²) in [5, 5.41) is 0. The van der Waals surface area contributed by atoms with Gasteiger partial charge in [0.1, 0.15) is 0 Å². The maximum absolute atomic E-state index is 5.83. The topological polar surface area (TPSA) is 0 Å². The van der Waals surface area contributed by atoms with Crippen LogP contribution in [0.5, 0.6) is 0 Å². The lowest BCUT2D eigenvalue weighted by Gasteiger charge is -2.07. The van der Waals surface area contributed by atoms with Crippen LogP contribution in [0.25, 0.3) is 0 Å².